The van der Waals surface area contributed by atoms with Gasteiger partial charge in [-0.15, -0.1) is 24.0 Å². The summed E-state index contributed by atoms with van der Waals surface area (Å²) in [6.45, 7) is 10.6. The molecule has 2 atom stereocenters. The number of rotatable bonds is 9. The predicted octanol–water partition coefficient (Wildman–Crippen LogP) is 3.27. The van der Waals surface area contributed by atoms with E-state index in [9.17, 15) is 8.42 Å². The first kappa shape index (κ1) is 27.0. The topological polar surface area (TPSA) is 83.0 Å². The molecule has 7 nitrogen and oxygen atoms in total. The van der Waals surface area contributed by atoms with Crippen molar-refractivity contribution in [1.82, 2.24) is 14.9 Å². The quantitative estimate of drug-likeness (QED) is 0.279. The highest BCUT2D eigenvalue weighted by Crippen LogP contribution is 2.23. The molecule has 0 aromatic heterocycles. The third kappa shape index (κ3) is 8.22. The minimum absolute atomic E-state index is 0. The van der Waals surface area contributed by atoms with Crippen LogP contribution in [0.1, 0.15) is 51.2 Å². The maximum Gasteiger partial charge on any atom is 0.211 e. The number of aliphatic imine (C=N–C) groups is 1. The van der Waals surface area contributed by atoms with Crippen LogP contribution in [-0.2, 0) is 16.6 Å². The second-order valence-electron chi connectivity index (χ2n) is 7.69. The van der Waals surface area contributed by atoms with Gasteiger partial charge in [-0.3, -0.25) is 0 Å². The third-order valence-electron chi connectivity index (χ3n) is 5.13. The van der Waals surface area contributed by atoms with Crippen molar-refractivity contribution in [2.75, 3.05) is 25.9 Å². The monoisotopic (exact) mass is 552 g/mol. The second-order valence-corrected chi connectivity index (χ2v) is 9.63. The molecule has 2 N–H and O–H groups in total. The molecule has 1 aliphatic heterocycles. The fraction of sp³-hybridized carbons (Fsp3) is 0.667. The van der Waals surface area contributed by atoms with Gasteiger partial charge in [0.05, 0.1) is 18.9 Å². The lowest BCUT2D eigenvalue weighted by atomic mass is 10.1. The number of aryl methyl sites for hydroxylation is 1. The number of sulfonamides is 1. The molecule has 30 heavy (non-hydrogen) atoms. The molecule has 0 bridgehead atoms. The molecule has 0 radical (unpaired) electrons. The fourth-order valence-corrected chi connectivity index (χ4v) is 4.55. The maximum absolute atomic E-state index is 11.9. The van der Waals surface area contributed by atoms with E-state index < -0.39 is 10.0 Å². The first-order chi connectivity index (χ1) is 13.7. The Morgan fingerprint density at radius 1 is 1.33 bits per heavy atom. The van der Waals surface area contributed by atoms with Crippen molar-refractivity contribution in [2.24, 2.45) is 4.99 Å². The summed E-state index contributed by atoms with van der Waals surface area (Å²) in [5.74, 6) is 1.56. The van der Waals surface area contributed by atoms with Gasteiger partial charge in [0, 0.05) is 31.2 Å². The summed E-state index contributed by atoms with van der Waals surface area (Å²) in [6, 6.07) is 6.15. The highest BCUT2D eigenvalue weighted by atomic mass is 127. The highest BCUT2D eigenvalue weighted by Gasteiger charge is 2.31. The number of guanidine groups is 1. The van der Waals surface area contributed by atoms with Crippen molar-refractivity contribution in [1.29, 1.82) is 0 Å². The number of benzene rings is 1. The van der Waals surface area contributed by atoms with Crippen LogP contribution in [0.2, 0.25) is 0 Å². The molecule has 1 heterocycles. The van der Waals surface area contributed by atoms with E-state index in [2.05, 4.69) is 49.6 Å². The molecule has 1 aliphatic rings. The minimum Gasteiger partial charge on any atom is -0.490 e. The molecule has 0 saturated carbocycles. The van der Waals surface area contributed by atoms with Crippen LogP contribution in [0.15, 0.2) is 23.2 Å². The summed E-state index contributed by atoms with van der Waals surface area (Å²) in [5, 5.41) is 6.55. The van der Waals surface area contributed by atoms with Gasteiger partial charge in [0.15, 0.2) is 5.96 Å². The summed E-state index contributed by atoms with van der Waals surface area (Å²) in [5.41, 5.74) is 2.19. The highest BCUT2D eigenvalue weighted by molar-refractivity contribution is 14.0. The Balaban J connectivity index is 0.00000450. The van der Waals surface area contributed by atoms with Gasteiger partial charge in [-0.2, -0.15) is 4.31 Å². The van der Waals surface area contributed by atoms with Crippen molar-refractivity contribution >= 4 is 40.0 Å². The summed E-state index contributed by atoms with van der Waals surface area (Å²) < 4.78 is 31.5. The van der Waals surface area contributed by atoms with E-state index in [-0.39, 0.29) is 36.1 Å². The maximum atomic E-state index is 11.9. The minimum atomic E-state index is -3.17. The standard InChI is InChI=1S/C21H36N4O3S.HI/c1-6-17(4)28-20-13-16(3)10-11-18(20)14-23-21(22-7-2)24-15-19-9-8-12-25(19)29(5,26)27;/h10-11,13,17,19H,6-9,12,14-15H2,1-5H3,(H2,22,23,24);1H/t17?,19-;/m1./s1. The smallest absolute Gasteiger partial charge is 0.211 e. The average molecular weight is 553 g/mol. The van der Waals surface area contributed by atoms with Gasteiger partial charge in [-0.05, 0) is 51.7 Å². The number of hydrogen-bond acceptors (Lipinski definition) is 4. The van der Waals surface area contributed by atoms with Crippen molar-refractivity contribution < 1.29 is 13.2 Å². The molecular weight excluding hydrogens is 515 g/mol. The van der Waals surface area contributed by atoms with E-state index in [0.717, 1.165) is 42.7 Å². The van der Waals surface area contributed by atoms with Gasteiger partial charge >= 0.3 is 0 Å². The second kappa shape index (κ2) is 12.7. The summed E-state index contributed by atoms with van der Waals surface area (Å²) in [4.78, 5) is 4.70. The average Bonchev–Trinajstić information content (AvgIpc) is 3.14. The molecule has 1 aromatic rings. The Morgan fingerprint density at radius 2 is 2.07 bits per heavy atom. The summed E-state index contributed by atoms with van der Waals surface area (Å²) in [6.07, 6.45) is 4.13. The van der Waals surface area contributed by atoms with Crippen molar-refractivity contribution in [3.8, 4) is 5.75 Å². The van der Waals surface area contributed by atoms with E-state index in [1.54, 1.807) is 4.31 Å². The number of hydrogen-bond donors (Lipinski definition) is 2. The van der Waals surface area contributed by atoms with Crippen molar-refractivity contribution in [2.45, 2.75) is 65.6 Å². The van der Waals surface area contributed by atoms with Crippen LogP contribution >= 0.6 is 24.0 Å². The lowest BCUT2D eigenvalue weighted by Crippen LogP contribution is -2.46. The van der Waals surface area contributed by atoms with Crippen LogP contribution in [0.3, 0.4) is 0 Å². The molecule has 0 amide bonds. The van der Waals surface area contributed by atoms with E-state index in [1.165, 1.54) is 6.26 Å². The molecule has 0 spiro atoms. The molecule has 1 fully saturated rings. The fourth-order valence-electron chi connectivity index (χ4n) is 3.37. The van der Waals surface area contributed by atoms with Gasteiger partial charge in [0.25, 0.3) is 0 Å². The van der Waals surface area contributed by atoms with Gasteiger partial charge in [-0.25, -0.2) is 13.4 Å². The van der Waals surface area contributed by atoms with E-state index in [1.807, 2.05) is 6.92 Å². The molecule has 1 aromatic carbocycles. The molecule has 2 rings (SSSR count). The number of ether oxygens (including phenoxy) is 1. The number of nitrogens with zero attached hydrogens (tertiary/aromatic N) is 2. The Kier molecular flexibility index (Phi) is 11.4. The largest absolute Gasteiger partial charge is 0.490 e. The molecule has 1 saturated heterocycles. The molecule has 172 valence electrons. The van der Waals surface area contributed by atoms with E-state index in [4.69, 9.17) is 9.73 Å². The zero-order valence-corrected chi connectivity index (χ0v) is 21.9. The Labute approximate surface area is 199 Å². The Bertz CT molecular complexity index is 801. The van der Waals surface area contributed by atoms with Crippen LogP contribution in [-0.4, -0.2) is 56.7 Å². The first-order valence-corrected chi connectivity index (χ1v) is 12.3. The lowest BCUT2D eigenvalue weighted by molar-refractivity contribution is 0.215. The van der Waals surface area contributed by atoms with Crippen LogP contribution in [0.5, 0.6) is 5.75 Å². The zero-order valence-electron chi connectivity index (χ0n) is 18.8. The number of halogens is 1. The summed E-state index contributed by atoms with van der Waals surface area (Å²) >= 11 is 0. The van der Waals surface area contributed by atoms with Crippen LogP contribution in [0.4, 0.5) is 0 Å². The van der Waals surface area contributed by atoms with Gasteiger partial charge in [0.2, 0.25) is 10.0 Å². The van der Waals surface area contributed by atoms with Gasteiger partial charge in [-0.1, -0.05) is 19.1 Å². The Morgan fingerprint density at radius 3 is 2.70 bits per heavy atom. The predicted molar refractivity (Wildman–Crippen MR) is 134 cm³/mol. The lowest BCUT2D eigenvalue weighted by Gasteiger charge is -2.23. The van der Waals surface area contributed by atoms with Crippen molar-refractivity contribution in [3.05, 3.63) is 29.3 Å². The van der Waals surface area contributed by atoms with Crippen LogP contribution < -0.4 is 15.4 Å². The zero-order chi connectivity index (χ0) is 21.4. The molecule has 0 aliphatic carbocycles. The molecular formula is C21H37IN4O3S. The van der Waals surface area contributed by atoms with Crippen LogP contribution in [0, 0.1) is 6.92 Å². The molecule has 9 heteroatoms. The SMILES string of the molecule is CCNC(=NCc1ccc(C)cc1OC(C)CC)NC[C@H]1CCCN1S(C)(=O)=O.I. The van der Waals surface area contributed by atoms with E-state index in [0.29, 0.717) is 25.6 Å². The van der Waals surface area contributed by atoms with Crippen LogP contribution in [0.25, 0.3) is 0 Å². The van der Waals surface area contributed by atoms with Gasteiger partial charge in [0.1, 0.15) is 5.75 Å². The Hall–Kier alpha value is -1.07. The third-order valence-corrected chi connectivity index (χ3v) is 6.46. The molecule has 1 unspecified atom stereocenters. The van der Waals surface area contributed by atoms with Gasteiger partial charge < -0.3 is 15.4 Å². The first-order valence-electron chi connectivity index (χ1n) is 10.5. The number of nitrogens with one attached hydrogen (secondary N) is 2. The summed E-state index contributed by atoms with van der Waals surface area (Å²) in [7, 11) is -3.17. The normalized spacial score (nSPS) is 18.6. The van der Waals surface area contributed by atoms with Crippen molar-refractivity contribution in [3.63, 3.8) is 0 Å². The van der Waals surface area contributed by atoms with E-state index >= 15 is 0 Å².